The van der Waals surface area contributed by atoms with Gasteiger partial charge in [-0.15, -0.1) is 11.3 Å². The van der Waals surface area contributed by atoms with Gasteiger partial charge in [0.15, 0.2) is 5.76 Å². The molecule has 2 aromatic heterocycles. The second-order valence-corrected chi connectivity index (χ2v) is 10.1. The van der Waals surface area contributed by atoms with Crippen LogP contribution in [0.4, 0.5) is 5.69 Å². The monoisotopic (exact) mass is 493 g/mol. The molecular weight excluding hydrogens is 462 g/mol. The van der Waals surface area contributed by atoms with Gasteiger partial charge >= 0.3 is 0 Å². The maximum Gasteiger partial charge on any atom is 0.290 e. The van der Waals surface area contributed by atoms with Crippen LogP contribution in [-0.4, -0.2) is 49.1 Å². The fourth-order valence-electron chi connectivity index (χ4n) is 4.90. The van der Waals surface area contributed by atoms with Gasteiger partial charge in [-0.25, -0.2) is 0 Å². The number of anilines is 1. The average molecular weight is 494 g/mol. The summed E-state index contributed by atoms with van der Waals surface area (Å²) in [5.74, 6) is -0.218. The summed E-state index contributed by atoms with van der Waals surface area (Å²) in [4.78, 5) is 32.3. The third kappa shape index (κ3) is 5.60. The van der Waals surface area contributed by atoms with Gasteiger partial charge in [0.25, 0.3) is 5.91 Å². The molecule has 1 saturated carbocycles. The van der Waals surface area contributed by atoms with Gasteiger partial charge in [-0.1, -0.05) is 31.0 Å². The summed E-state index contributed by atoms with van der Waals surface area (Å²) in [5, 5.41) is 5.21. The van der Waals surface area contributed by atoms with Crippen molar-refractivity contribution in [2.75, 3.05) is 31.2 Å². The number of nitrogens with one attached hydrogen (secondary N) is 1. The van der Waals surface area contributed by atoms with Crippen LogP contribution in [0.5, 0.6) is 0 Å². The summed E-state index contributed by atoms with van der Waals surface area (Å²) in [6.45, 7) is 3.42. The molecule has 0 bridgehead atoms. The zero-order valence-corrected chi connectivity index (χ0v) is 20.5. The van der Waals surface area contributed by atoms with Crippen LogP contribution in [0.25, 0.3) is 0 Å². The Labute approximate surface area is 209 Å². The molecule has 0 radical (unpaired) electrons. The predicted octanol–water partition coefficient (Wildman–Crippen LogP) is 4.62. The van der Waals surface area contributed by atoms with Gasteiger partial charge in [-0.05, 0) is 54.1 Å². The number of carbonyl (C=O) groups is 2. The first kappa shape index (κ1) is 23.6. The Morgan fingerprint density at radius 1 is 1.06 bits per heavy atom. The normalized spacial score (nSPS) is 17.3. The third-order valence-electron chi connectivity index (χ3n) is 6.75. The topological polar surface area (TPSA) is 75.0 Å². The van der Waals surface area contributed by atoms with Crippen molar-refractivity contribution < 1.29 is 18.7 Å². The standard InChI is InChI=1S/C27H31N3O4S/c31-26(28-21-5-1-2-6-21)25(20-9-11-22(12-10-20)29-13-16-33-17-14-29)30(19-23-7-4-18-35-23)27(32)24-8-3-15-34-24/h3-4,7-12,15,18,21,25H,1-2,5-6,13-14,16-17,19H2,(H,28,31)/t25-/m0/s1. The van der Waals surface area contributed by atoms with E-state index in [1.54, 1.807) is 28.4 Å². The van der Waals surface area contributed by atoms with Crippen molar-refractivity contribution in [2.45, 2.75) is 44.3 Å². The van der Waals surface area contributed by atoms with E-state index in [4.69, 9.17) is 9.15 Å². The first-order chi connectivity index (χ1) is 17.2. The van der Waals surface area contributed by atoms with Gasteiger partial charge in [0, 0.05) is 29.7 Å². The van der Waals surface area contributed by atoms with Gasteiger partial charge in [0.1, 0.15) is 6.04 Å². The summed E-state index contributed by atoms with van der Waals surface area (Å²) in [5.41, 5.74) is 1.88. The Morgan fingerprint density at radius 2 is 1.83 bits per heavy atom. The quantitative estimate of drug-likeness (QED) is 0.496. The number of morpholine rings is 1. The summed E-state index contributed by atoms with van der Waals surface area (Å²) >= 11 is 1.57. The van der Waals surface area contributed by atoms with Gasteiger partial charge in [-0.2, -0.15) is 0 Å². The van der Waals surface area contributed by atoms with Crippen molar-refractivity contribution in [3.63, 3.8) is 0 Å². The maximum absolute atomic E-state index is 13.8. The molecule has 5 rings (SSSR count). The van der Waals surface area contributed by atoms with Crippen molar-refractivity contribution in [3.8, 4) is 0 Å². The number of rotatable bonds is 8. The molecule has 184 valence electrons. The van der Waals surface area contributed by atoms with Crippen LogP contribution in [0.3, 0.4) is 0 Å². The van der Waals surface area contributed by atoms with Gasteiger partial charge in [-0.3, -0.25) is 9.59 Å². The van der Waals surface area contributed by atoms with E-state index in [9.17, 15) is 9.59 Å². The van der Waals surface area contributed by atoms with Crippen LogP contribution in [0.2, 0.25) is 0 Å². The molecule has 7 nitrogen and oxygen atoms in total. The highest BCUT2D eigenvalue weighted by Crippen LogP contribution is 2.30. The van der Waals surface area contributed by atoms with Crippen LogP contribution < -0.4 is 10.2 Å². The smallest absolute Gasteiger partial charge is 0.290 e. The molecule has 2 fully saturated rings. The number of carbonyl (C=O) groups excluding carboxylic acids is 2. The van der Waals surface area contributed by atoms with E-state index >= 15 is 0 Å². The first-order valence-electron chi connectivity index (χ1n) is 12.3. The van der Waals surface area contributed by atoms with Gasteiger partial charge in [0.2, 0.25) is 5.91 Å². The molecule has 1 atom stereocenters. The number of hydrogen-bond acceptors (Lipinski definition) is 6. The number of benzene rings is 1. The lowest BCUT2D eigenvalue weighted by molar-refractivity contribution is -0.126. The van der Waals surface area contributed by atoms with E-state index in [2.05, 4.69) is 10.2 Å². The van der Waals surface area contributed by atoms with E-state index in [-0.39, 0.29) is 23.6 Å². The highest BCUT2D eigenvalue weighted by Gasteiger charge is 2.35. The van der Waals surface area contributed by atoms with E-state index in [1.807, 2.05) is 41.8 Å². The molecule has 0 spiro atoms. The highest BCUT2D eigenvalue weighted by atomic mass is 32.1. The van der Waals surface area contributed by atoms with Crippen LogP contribution in [0.15, 0.2) is 64.6 Å². The summed E-state index contributed by atoms with van der Waals surface area (Å²) in [6.07, 6.45) is 5.68. The van der Waals surface area contributed by atoms with E-state index in [0.29, 0.717) is 19.8 Å². The number of thiophene rings is 1. The minimum Gasteiger partial charge on any atom is -0.459 e. The lowest BCUT2D eigenvalue weighted by Gasteiger charge is -2.32. The lowest BCUT2D eigenvalue weighted by Crippen LogP contribution is -2.45. The Morgan fingerprint density at radius 3 is 2.49 bits per heavy atom. The van der Waals surface area contributed by atoms with Crippen LogP contribution in [-0.2, 0) is 16.1 Å². The molecule has 2 aliphatic rings. The predicted molar refractivity (Wildman–Crippen MR) is 136 cm³/mol. The molecule has 1 aliphatic heterocycles. The molecule has 8 heteroatoms. The molecule has 35 heavy (non-hydrogen) atoms. The van der Waals surface area contributed by atoms with Crippen molar-refractivity contribution in [2.24, 2.45) is 0 Å². The van der Waals surface area contributed by atoms with Crippen molar-refractivity contribution in [1.82, 2.24) is 10.2 Å². The fraction of sp³-hybridized carbons (Fsp3) is 0.407. The largest absolute Gasteiger partial charge is 0.459 e. The summed E-state index contributed by atoms with van der Waals surface area (Å²) in [6, 6.07) is 14.7. The van der Waals surface area contributed by atoms with Crippen molar-refractivity contribution in [1.29, 1.82) is 0 Å². The Hall–Kier alpha value is -3.10. The Bertz CT molecular complexity index is 1090. The second-order valence-electron chi connectivity index (χ2n) is 9.07. The molecule has 2 amide bonds. The zero-order chi connectivity index (χ0) is 24.0. The number of hydrogen-bond donors (Lipinski definition) is 1. The minimum absolute atomic E-state index is 0.146. The van der Waals surface area contributed by atoms with Crippen LogP contribution in [0, 0.1) is 0 Å². The maximum atomic E-state index is 13.8. The van der Waals surface area contributed by atoms with Crippen LogP contribution in [0.1, 0.15) is 52.7 Å². The Balaban J connectivity index is 1.48. The van der Waals surface area contributed by atoms with Gasteiger partial charge in [0.05, 0.1) is 26.0 Å². The number of furan rings is 1. The highest BCUT2D eigenvalue weighted by molar-refractivity contribution is 7.09. The van der Waals surface area contributed by atoms with Crippen molar-refractivity contribution >= 4 is 28.8 Å². The molecular formula is C27H31N3O4S. The first-order valence-corrected chi connectivity index (χ1v) is 13.2. The van der Waals surface area contributed by atoms with Gasteiger partial charge < -0.3 is 24.3 Å². The minimum atomic E-state index is -0.769. The number of ether oxygens (including phenoxy) is 1. The number of amides is 2. The molecule has 1 saturated heterocycles. The fourth-order valence-corrected chi connectivity index (χ4v) is 5.61. The van der Waals surface area contributed by atoms with Crippen LogP contribution >= 0.6 is 11.3 Å². The molecule has 0 unspecified atom stereocenters. The molecule has 3 heterocycles. The third-order valence-corrected chi connectivity index (χ3v) is 7.61. The summed E-state index contributed by atoms with van der Waals surface area (Å²) < 4.78 is 10.9. The molecule has 1 aliphatic carbocycles. The van der Waals surface area contributed by atoms with Crippen molar-refractivity contribution in [3.05, 3.63) is 76.4 Å². The SMILES string of the molecule is O=C(NC1CCCC1)[C@H](c1ccc(N2CCOCC2)cc1)N(Cc1cccs1)C(=O)c1ccco1. The molecule has 1 N–H and O–H groups in total. The number of nitrogens with zero attached hydrogens (tertiary/aromatic N) is 2. The molecule has 1 aromatic carbocycles. The zero-order valence-electron chi connectivity index (χ0n) is 19.7. The van der Waals surface area contributed by atoms with E-state index in [0.717, 1.165) is 54.9 Å². The van der Waals surface area contributed by atoms with E-state index in [1.165, 1.54) is 6.26 Å². The second kappa shape index (κ2) is 11.1. The molecule has 3 aromatic rings. The van der Waals surface area contributed by atoms with E-state index < -0.39 is 6.04 Å². The Kier molecular flexibility index (Phi) is 7.49. The summed E-state index contributed by atoms with van der Waals surface area (Å²) in [7, 11) is 0. The average Bonchev–Trinajstić information content (AvgIpc) is 3.69. The lowest BCUT2D eigenvalue weighted by atomic mass is 10.0.